The summed E-state index contributed by atoms with van der Waals surface area (Å²) in [5.41, 5.74) is 3.09. The van der Waals surface area contributed by atoms with Crippen molar-refractivity contribution in [2.45, 2.75) is 0 Å². The van der Waals surface area contributed by atoms with Gasteiger partial charge < -0.3 is 5.32 Å². The van der Waals surface area contributed by atoms with Crippen LogP contribution in [0.5, 0.6) is 0 Å². The molecule has 0 aromatic heterocycles. The van der Waals surface area contributed by atoms with E-state index in [1.807, 2.05) is 42.5 Å². The quantitative estimate of drug-likeness (QED) is 0.697. The lowest BCUT2D eigenvalue weighted by Crippen LogP contribution is -1.95. The number of allylic oxidation sites excluding steroid dienone is 5. The SMILES string of the molecule is C=C/C=C\c1ccc(N/C(C=C)=C/C=C)cc1. The molecule has 0 aliphatic rings. The van der Waals surface area contributed by atoms with Crippen molar-refractivity contribution >= 4 is 11.8 Å². The lowest BCUT2D eigenvalue weighted by Gasteiger charge is -2.06. The molecule has 0 amide bonds. The summed E-state index contributed by atoms with van der Waals surface area (Å²) in [7, 11) is 0. The van der Waals surface area contributed by atoms with Gasteiger partial charge in [-0.05, 0) is 29.8 Å². The minimum Gasteiger partial charge on any atom is -0.356 e. The lowest BCUT2D eigenvalue weighted by atomic mass is 10.2. The predicted octanol–water partition coefficient (Wildman–Crippen LogP) is 4.55. The average Bonchev–Trinajstić information content (AvgIpc) is 2.37. The number of benzene rings is 1. The van der Waals surface area contributed by atoms with Crippen molar-refractivity contribution < 1.29 is 0 Å². The third-order valence-electron chi connectivity index (χ3n) is 2.14. The molecule has 0 aliphatic carbocycles. The van der Waals surface area contributed by atoms with Crippen molar-refractivity contribution in [3.8, 4) is 0 Å². The molecule has 1 rings (SSSR count). The first-order valence-corrected chi connectivity index (χ1v) is 5.41. The third kappa shape index (κ3) is 4.39. The van der Waals surface area contributed by atoms with E-state index in [1.165, 1.54) is 0 Å². The molecule has 0 atom stereocenters. The van der Waals surface area contributed by atoms with Gasteiger partial charge in [-0.3, -0.25) is 0 Å². The van der Waals surface area contributed by atoms with Gasteiger partial charge in [0.1, 0.15) is 0 Å². The van der Waals surface area contributed by atoms with E-state index in [0.29, 0.717) is 0 Å². The number of nitrogens with one attached hydrogen (secondary N) is 1. The van der Waals surface area contributed by atoms with Crippen LogP contribution in [-0.4, -0.2) is 0 Å². The Morgan fingerprint density at radius 1 is 1.00 bits per heavy atom. The minimum atomic E-state index is 0.925. The van der Waals surface area contributed by atoms with Crippen LogP contribution in [0, 0.1) is 0 Å². The summed E-state index contributed by atoms with van der Waals surface area (Å²) in [6.45, 7) is 11.0. The van der Waals surface area contributed by atoms with Gasteiger partial charge in [-0.1, -0.05) is 56.2 Å². The highest BCUT2D eigenvalue weighted by atomic mass is 14.9. The van der Waals surface area contributed by atoms with Crippen molar-refractivity contribution in [2.24, 2.45) is 0 Å². The summed E-state index contributed by atoms with van der Waals surface area (Å²) >= 11 is 0. The molecular weight excluding hydrogens is 206 g/mol. The lowest BCUT2D eigenvalue weighted by molar-refractivity contribution is 1.47. The van der Waals surface area contributed by atoms with Crippen LogP contribution in [0.2, 0.25) is 0 Å². The Balaban J connectivity index is 2.77. The van der Waals surface area contributed by atoms with Gasteiger partial charge in [0.05, 0.1) is 0 Å². The fourth-order valence-electron chi connectivity index (χ4n) is 1.31. The van der Waals surface area contributed by atoms with Crippen LogP contribution >= 0.6 is 0 Å². The zero-order valence-electron chi connectivity index (χ0n) is 9.89. The maximum absolute atomic E-state index is 3.73. The summed E-state index contributed by atoms with van der Waals surface area (Å²) in [4.78, 5) is 0. The third-order valence-corrected chi connectivity index (χ3v) is 2.14. The Bertz CT molecular complexity index is 447. The Labute approximate surface area is 103 Å². The van der Waals surface area contributed by atoms with Crippen LogP contribution in [0.4, 0.5) is 5.69 Å². The number of rotatable bonds is 6. The maximum atomic E-state index is 3.73. The fraction of sp³-hybridized carbons (Fsp3) is 0. The zero-order valence-corrected chi connectivity index (χ0v) is 9.89. The van der Waals surface area contributed by atoms with Crippen LogP contribution in [0.15, 0.2) is 80.1 Å². The summed E-state index contributed by atoms with van der Waals surface area (Å²) in [5.74, 6) is 0. The number of hydrogen-bond donors (Lipinski definition) is 1. The molecule has 17 heavy (non-hydrogen) atoms. The summed E-state index contributed by atoms with van der Waals surface area (Å²) < 4.78 is 0. The first-order valence-electron chi connectivity index (χ1n) is 5.41. The van der Waals surface area contributed by atoms with Crippen molar-refractivity contribution in [3.63, 3.8) is 0 Å². The van der Waals surface area contributed by atoms with Crippen molar-refractivity contribution in [3.05, 3.63) is 85.6 Å². The van der Waals surface area contributed by atoms with E-state index in [1.54, 1.807) is 18.2 Å². The average molecular weight is 223 g/mol. The monoisotopic (exact) mass is 223 g/mol. The molecule has 0 fully saturated rings. The summed E-state index contributed by atoms with van der Waals surface area (Å²) in [6, 6.07) is 8.11. The second kappa shape index (κ2) is 7.07. The van der Waals surface area contributed by atoms with Gasteiger partial charge in [0.2, 0.25) is 0 Å². The predicted molar refractivity (Wildman–Crippen MR) is 77.8 cm³/mol. The molecule has 0 heterocycles. The van der Waals surface area contributed by atoms with E-state index in [9.17, 15) is 0 Å². The molecular formula is C16H17N. The Morgan fingerprint density at radius 2 is 1.71 bits per heavy atom. The molecule has 0 unspecified atom stereocenters. The largest absolute Gasteiger partial charge is 0.356 e. The molecule has 86 valence electrons. The highest BCUT2D eigenvalue weighted by molar-refractivity contribution is 5.58. The van der Waals surface area contributed by atoms with Crippen LogP contribution < -0.4 is 5.32 Å². The minimum absolute atomic E-state index is 0.925. The van der Waals surface area contributed by atoms with Crippen LogP contribution in [0.1, 0.15) is 5.56 Å². The Morgan fingerprint density at radius 3 is 2.24 bits per heavy atom. The van der Waals surface area contributed by atoms with E-state index in [-0.39, 0.29) is 0 Å². The molecule has 1 aromatic rings. The maximum Gasteiger partial charge on any atom is 0.0384 e. The van der Waals surface area contributed by atoms with E-state index in [4.69, 9.17) is 0 Å². The van der Waals surface area contributed by atoms with Gasteiger partial charge in [0, 0.05) is 11.4 Å². The Hall–Kier alpha value is -2.28. The second-order valence-electron chi connectivity index (χ2n) is 3.40. The van der Waals surface area contributed by atoms with Crippen LogP contribution in [-0.2, 0) is 0 Å². The zero-order chi connectivity index (χ0) is 12.5. The first-order chi connectivity index (χ1) is 8.30. The molecule has 0 saturated heterocycles. The number of anilines is 1. The number of hydrogen-bond acceptors (Lipinski definition) is 1. The van der Waals surface area contributed by atoms with Crippen LogP contribution in [0.3, 0.4) is 0 Å². The second-order valence-corrected chi connectivity index (χ2v) is 3.40. The van der Waals surface area contributed by atoms with E-state index in [0.717, 1.165) is 16.9 Å². The van der Waals surface area contributed by atoms with Crippen molar-refractivity contribution in [2.75, 3.05) is 5.32 Å². The topological polar surface area (TPSA) is 12.0 Å². The van der Waals surface area contributed by atoms with E-state index < -0.39 is 0 Å². The normalized spacial score (nSPS) is 11.2. The molecule has 1 nitrogen and oxygen atoms in total. The first kappa shape index (κ1) is 12.8. The van der Waals surface area contributed by atoms with E-state index in [2.05, 4.69) is 25.1 Å². The van der Waals surface area contributed by atoms with Crippen LogP contribution in [0.25, 0.3) is 6.08 Å². The van der Waals surface area contributed by atoms with E-state index >= 15 is 0 Å². The van der Waals surface area contributed by atoms with Gasteiger partial charge in [0.15, 0.2) is 0 Å². The smallest absolute Gasteiger partial charge is 0.0384 e. The molecule has 0 radical (unpaired) electrons. The highest BCUT2D eigenvalue weighted by Crippen LogP contribution is 2.13. The van der Waals surface area contributed by atoms with Gasteiger partial charge in [0.25, 0.3) is 0 Å². The molecule has 1 aromatic carbocycles. The van der Waals surface area contributed by atoms with Crippen molar-refractivity contribution in [1.29, 1.82) is 0 Å². The van der Waals surface area contributed by atoms with Gasteiger partial charge in [-0.15, -0.1) is 0 Å². The molecule has 0 aliphatic heterocycles. The molecule has 1 heteroatoms. The van der Waals surface area contributed by atoms with Crippen molar-refractivity contribution in [1.82, 2.24) is 0 Å². The van der Waals surface area contributed by atoms with Gasteiger partial charge >= 0.3 is 0 Å². The highest BCUT2D eigenvalue weighted by Gasteiger charge is 1.93. The molecule has 1 N–H and O–H groups in total. The van der Waals surface area contributed by atoms with Gasteiger partial charge in [-0.25, -0.2) is 0 Å². The Kier molecular flexibility index (Phi) is 5.32. The molecule has 0 spiro atoms. The molecule has 0 bridgehead atoms. The standard InChI is InChI=1S/C16H17N/c1-4-7-9-14-10-12-16(13-11-14)17-15(6-3)8-5-2/h4-13,17H,1-3H2/b9-7-,15-8+. The summed E-state index contributed by atoms with van der Waals surface area (Å²) in [5, 5.41) is 3.24. The fourth-order valence-corrected chi connectivity index (χ4v) is 1.31. The molecule has 0 saturated carbocycles. The summed E-state index contributed by atoms with van der Waals surface area (Å²) in [6.07, 6.45) is 11.0. The van der Waals surface area contributed by atoms with Gasteiger partial charge in [-0.2, -0.15) is 0 Å².